The Bertz CT molecular complexity index is 147. The lowest BCUT2D eigenvalue weighted by molar-refractivity contribution is -0.173. The number of nitriles is 1. The van der Waals surface area contributed by atoms with E-state index in [-0.39, 0.29) is 12.4 Å². The van der Waals surface area contributed by atoms with Crippen LogP contribution in [0, 0.1) is 11.3 Å². The molecule has 0 N–H and O–H groups in total. The van der Waals surface area contributed by atoms with Crippen molar-refractivity contribution < 1.29 is 9.47 Å². The maximum absolute atomic E-state index is 8.43. The van der Waals surface area contributed by atoms with Gasteiger partial charge in [0.1, 0.15) is 6.10 Å². The van der Waals surface area contributed by atoms with Crippen LogP contribution in [0.15, 0.2) is 0 Å². The van der Waals surface area contributed by atoms with Crippen LogP contribution in [0.4, 0.5) is 0 Å². The van der Waals surface area contributed by atoms with E-state index in [1.165, 1.54) is 0 Å². The maximum Gasteiger partial charge on any atom is 0.159 e. The standard InChI is InChI=1S/C8H13NO2/c1-7(6-9)11-8-4-2-3-5-10-8/h7-8H,2-5H2,1H3/t7-,8+/m1/s1. The van der Waals surface area contributed by atoms with Crippen molar-refractivity contribution >= 4 is 0 Å². The molecule has 0 amide bonds. The third kappa shape index (κ3) is 2.87. The van der Waals surface area contributed by atoms with Crippen LogP contribution >= 0.6 is 0 Å². The monoisotopic (exact) mass is 155 g/mol. The summed E-state index contributed by atoms with van der Waals surface area (Å²) in [7, 11) is 0. The zero-order valence-corrected chi connectivity index (χ0v) is 6.75. The van der Waals surface area contributed by atoms with Crippen molar-refractivity contribution in [2.75, 3.05) is 6.61 Å². The molecule has 1 aliphatic rings. The predicted octanol–water partition coefficient (Wildman–Crippen LogP) is 1.44. The van der Waals surface area contributed by atoms with Crippen molar-refractivity contribution in [2.45, 2.75) is 38.6 Å². The summed E-state index contributed by atoms with van der Waals surface area (Å²) in [5.74, 6) is 0. The van der Waals surface area contributed by atoms with Gasteiger partial charge in [0.2, 0.25) is 0 Å². The van der Waals surface area contributed by atoms with Gasteiger partial charge in [0, 0.05) is 6.61 Å². The van der Waals surface area contributed by atoms with E-state index in [2.05, 4.69) is 0 Å². The van der Waals surface area contributed by atoms with Crippen LogP contribution in [-0.4, -0.2) is 19.0 Å². The normalized spacial score (nSPS) is 27.5. The molecule has 1 heterocycles. The van der Waals surface area contributed by atoms with Crippen LogP contribution in [0.3, 0.4) is 0 Å². The van der Waals surface area contributed by atoms with Gasteiger partial charge in [-0.3, -0.25) is 0 Å². The van der Waals surface area contributed by atoms with Gasteiger partial charge in [-0.15, -0.1) is 0 Å². The minimum absolute atomic E-state index is 0.140. The summed E-state index contributed by atoms with van der Waals surface area (Å²) >= 11 is 0. The van der Waals surface area contributed by atoms with Crippen LogP contribution in [0.25, 0.3) is 0 Å². The van der Waals surface area contributed by atoms with Crippen molar-refractivity contribution in [1.82, 2.24) is 0 Å². The number of hydrogen-bond acceptors (Lipinski definition) is 3. The average Bonchev–Trinajstić information content (AvgIpc) is 2.06. The van der Waals surface area contributed by atoms with Crippen LogP contribution in [0.5, 0.6) is 0 Å². The second kappa shape index (κ2) is 4.32. The molecule has 0 aromatic carbocycles. The zero-order valence-electron chi connectivity index (χ0n) is 6.75. The fourth-order valence-corrected chi connectivity index (χ4v) is 1.08. The smallest absolute Gasteiger partial charge is 0.159 e. The Balaban J connectivity index is 2.20. The van der Waals surface area contributed by atoms with E-state index in [1.54, 1.807) is 6.92 Å². The van der Waals surface area contributed by atoms with E-state index >= 15 is 0 Å². The zero-order chi connectivity index (χ0) is 8.10. The first-order valence-corrected chi connectivity index (χ1v) is 3.99. The Morgan fingerprint density at radius 1 is 1.64 bits per heavy atom. The Labute approximate surface area is 66.9 Å². The van der Waals surface area contributed by atoms with Crippen molar-refractivity contribution in [3.63, 3.8) is 0 Å². The molecule has 0 spiro atoms. The van der Waals surface area contributed by atoms with Crippen LogP contribution < -0.4 is 0 Å². The Morgan fingerprint density at radius 3 is 3.00 bits per heavy atom. The molecule has 0 unspecified atom stereocenters. The second-order valence-electron chi connectivity index (χ2n) is 2.70. The molecule has 0 aromatic heterocycles. The predicted molar refractivity (Wildman–Crippen MR) is 39.8 cm³/mol. The molecule has 0 aliphatic carbocycles. The number of rotatable bonds is 2. The minimum atomic E-state index is -0.349. The highest BCUT2D eigenvalue weighted by atomic mass is 16.7. The molecule has 0 bridgehead atoms. The molecule has 3 nitrogen and oxygen atoms in total. The minimum Gasteiger partial charge on any atom is -0.353 e. The van der Waals surface area contributed by atoms with Crippen molar-refractivity contribution in [3.8, 4) is 6.07 Å². The van der Waals surface area contributed by atoms with E-state index in [9.17, 15) is 0 Å². The van der Waals surface area contributed by atoms with Gasteiger partial charge in [-0.1, -0.05) is 0 Å². The summed E-state index contributed by atoms with van der Waals surface area (Å²) in [5, 5.41) is 8.43. The first-order chi connectivity index (χ1) is 5.33. The molecule has 2 atom stereocenters. The molecule has 1 aliphatic heterocycles. The topological polar surface area (TPSA) is 42.2 Å². The summed E-state index contributed by atoms with van der Waals surface area (Å²) in [4.78, 5) is 0. The van der Waals surface area contributed by atoms with E-state index in [1.807, 2.05) is 6.07 Å². The Morgan fingerprint density at radius 2 is 2.45 bits per heavy atom. The first kappa shape index (κ1) is 8.51. The number of nitrogens with zero attached hydrogens (tertiary/aromatic N) is 1. The lowest BCUT2D eigenvalue weighted by Crippen LogP contribution is -2.25. The van der Waals surface area contributed by atoms with Gasteiger partial charge in [0.25, 0.3) is 0 Å². The quantitative estimate of drug-likeness (QED) is 0.606. The average molecular weight is 155 g/mol. The third-order valence-corrected chi connectivity index (χ3v) is 1.68. The van der Waals surface area contributed by atoms with Gasteiger partial charge in [0.05, 0.1) is 6.07 Å². The third-order valence-electron chi connectivity index (χ3n) is 1.68. The molecule has 62 valence electrons. The van der Waals surface area contributed by atoms with E-state index in [0.717, 1.165) is 25.9 Å². The van der Waals surface area contributed by atoms with Gasteiger partial charge in [-0.25, -0.2) is 0 Å². The molecule has 3 heteroatoms. The number of hydrogen-bond donors (Lipinski definition) is 0. The Kier molecular flexibility index (Phi) is 3.34. The second-order valence-corrected chi connectivity index (χ2v) is 2.70. The fraction of sp³-hybridized carbons (Fsp3) is 0.875. The summed E-state index contributed by atoms with van der Waals surface area (Å²) in [6.45, 7) is 2.50. The van der Waals surface area contributed by atoms with Gasteiger partial charge < -0.3 is 9.47 Å². The van der Waals surface area contributed by atoms with Crippen LogP contribution in [0.1, 0.15) is 26.2 Å². The highest BCUT2D eigenvalue weighted by Crippen LogP contribution is 2.14. The van der Waals surface area contributed by atoms with E-state index in [4.69, 9.17) is 14.7 Å². The molecule has 0 radical (unpaired) electrons. The van der Waals surface area contributed by atoms with Crippen LogP contribution in [0.2, 0.25) is 0 Å². The van der Waals surface area contributed by atoms with Gasteiger partial charge in [0.15, 0.2) is 6.29 Å². The highest BCUT2D eigenvalue weighted by Gasteiger charge is 2.16. The molecule has 11 heavy (non-hydrogen) atoms. The van der Waals surface area contributed by atoms with Crippen LogP contribution in [-0.2, 0) is 9.47 Å². The maximum atomic E-state index is 8.43. The first-order valence-electron chi connectivity index (χ1n) is 3.99. The summed E-state index contributed by atoms with van der Waals surface area (Å²) in [6.07, 6.45) is 2.69. The molecule has 0 aromatic rings. The number of ether oxygens (including phenoxy) is 2. The largest absolute Gasteiger partial charge is 0.353 e. The van der Waals surface area contributed by atoms with E-state index < -0.39 is 0 Å². The van der Waals surface area contributed by atoms with Crippen molar-refractivity contribution in [2.24, 2.45) is 0 Å². The Hall–Kier alpha value is -0.590. The van der Waals surface area contributed by atoms with Gasteiger partial charge in [-0.2, -0.15) is 5.26 Å². The van der Waals surface area contributed by atoms with Crippen molar-refractivity contribution in [3.05, 3.63) is 0 Å². The fourth-order valence-electron chi connectivity index (χ4n) is 1.08. The lowest BCUT2D eigenvalue weighted by Gasteiger charge is -2.23. The van der Waals surface area contributed by atoms with E-state index in [0.29, 0.717) is 0 Å². The highest BCUT2D eigenvalue weighted by molar-refractivity contribution is 4.79. The van der Waals surface area contributed by atoms with Gasteiger partial charge >= 0.3 is 0 Å². The summed E-state index contributed by atoms with van der Waals surface area (Å²) in [5.41, 5.74) is 0. The summed E-state index contributed by atoms with van der Waals surface area (Å²) in [6, 6.07) is 2.01. The SMILES string of the molecule is C[C@H](C#N)O[C@H]1CCCCO1. The molecule has 1 rings (SSSR count). The molecule has 0 saturated carbocycles. The van der Waals surface area contributed by atoms with Crippen molar-refractivity contribution in [1.29, 1.82) is 5.26 Å². The molecule has 1 fully saturated rings. The lowest BCUT2D eigenvalue weighted by atomic mass is 10.2. The molecular weight excluding hydrogens is 142 g/mol. The molecular formula is C8H13NO2. The molecule has 1 saturated heterocycles. The van der Waals surface area contributed by atoms with Gasteiger partial charge in [-0.05, 0) is 26.2 Å². The summed E-state index contributed by atoms with van der Waals surface area (Å²) < 4.78 is 10.5.